The maximum atomic E-state index is 12.7. The van der Waals surface area contributed by atoms with Gasteiger partial charge in [-0.3, -0.25) is 4.79 Å². The highest BCUT2D eigenvalue weighted by atomic mass is 32.2. The van der Waals surface area contributed by atoms with Gasteiger partial charge >= 0.3 is 0 Å². The van der Waals surface area contributed by atoms with Gasteiger partial charge in [0.25, 0.3) is 0 Å². The SMILES string of the molecule is CS(=O)(=O)[C@@H]1CCC[C@H](NC(=O)C2(c3ccccc3)CC2)C1. The zero-order valence-corrected chi connectivity index (χ0v) is 13.7. The fourth-order valence-corrected chi connectivity index (χ4v) is 4.69. The molecular weight excluding hydrogens is 298 g/mol. The molecule has 22 heavy (non-hydrogen) atoms. The molecule has 0 saturated heterocycles. The Morgan fingerprint density at radius 1 is 1.18 bits per heavy atom. The summed E-state index contributed by atoms with van der Waals surface area (Å²) in [5.74, 6) is 0.0675. The van der Waals surface area contributed by atoms with Gasteiger partial charge in [0.05, 0.1) is 10.7 Å². The van der Waals surface area contributed by atoms with E-state index in [0.29, 0.717) is 6.42 Å². The van der Waals surface area contributed by atoms with Crippen LogP contribution in [0.4, 0.5) is 0 Å². The second kappa shape index (κ2) is 5.69. The largest absolute Gasteiger partial charge is 0.353 e. The molecule has 2 aliphatic carbocycles. The molecule has 1 amide bonds. The van der Waals surface area contributed by atoms with Crippen molar-refractivity contribution >= 4 is 15.7 Å². The van der Waals surface area contributed by atoms with Crippen LogP contribution in [0.1, 0.15) is 44.1 Å². The minimum absolute atomic E-state index is 0.0119. The maximum absolute atomic E-state index is 12.7. The van der Waals surface area contributed by atoms with Crippen LogP contribution in [-0.2, 0) is 20.0 Å². The van der Waals surface area contributed by atoms with Crippen molar-refractivity contribution in [2.24, 2.45) is 0 Å². The molecule has 4 nitrogen and oxygen atoms in total. The Morgan fingerprint density at radius 2 is 1.86 bits per heavy atom. The third-order valence-corrected chi connectivity index (χ3v) is 6.72. The van der Waals surface area contributed by atoms with E-state index in [1.807, 2.05) is 30.3 Å². The van der Waals surface area contributed by atoms with Crippen molar-refractivity contribution in [3.05, 3.63) is 35.9 Å². The summed E-state index contributed by atoms with van der Waals surface area (Å²) in [5, 5.41) is 2.81. The monoisotopic (exact) mass is 321 g/mol. The summed E-state index contributed by atoms with van der Waals surface area (Å²) in [7, 11) is -3.02. The summed E-state index contributed by atoms with van der Waals surface area (Å²) < 4.78 is 23.5. The van der Waals surface area contributed by atoms with Gasteiger partial charge in [-0.25, -0.2) is 8.42 Å². The van der Waals surface area contributed by atoms with Gasteiger partial charge in [0.15, 0.2) is 0 Å². The number of sulfone groups is 1. The standard InChI is InChI=1S/C17H23NO3S/c1-22(20,21)15-9-5-8-14(12-15)18-16(19)17(10-11-17)13-6-3-2-4-7-13/h2-4,6-7,14-15H,5,8-12H2,1H3,(H,18,19)/t14-,15+/m0/s1. The van der Waals surface area contributed by atoms with E-state index in [0.717, 1.165) is 37.7 Å². The summed E-state index contributed by atoms with van der Waals surface area (Å²) in [5.41, 5.74) is 0.696. The molecular formula is C17H23NO3S. The Morgan fingerprint density at radius 3 is 2.45 bits per heavy atom. The lowest BCUT2D eigenvalue weighted by atomic mass is 9.91. The van der Waals surface area contributed by atoms with Crippen LogP contribution in [-0.4, -0.2) is 31.9 Å². The van der Waals surface area contributed by atoms with Crippen LogP contribution in [0, 0.1) is 0 Å². The highest BCUT2D eigenvalue weighted by Gasteiger charge is 2.51. The number of hydrogen-bond acceptors (Lipinski definition) is 3. The summed E-state index contributed by atoms with van der Waals surface area (Å²) >= 11 is 0. The van der Waals surface area contributed by atoms with Crippen molar-refractivity contribution in [2.75, 3.05) is 6.26 Å². The Hall–Kier alpha value is -1.36. The highest BCUT2D eigenvalue weighted by molar-refractivity contribution is 7.91. The molecule has 0 unspecified atom stereocenters. The van der Waals surface area contributed by atoms with Crippen LogP contribution in [0.25, 0.3) is 0 Å². The van der Waals surface area contributed by atoms with Crippen LogP contribution in [0.3, 0.4) is 0 Å². The average Bonchev–Trinajstić information content (AvgIpc) is 3.29. The van der Waals surface area contributed by atoms with E-state index in [9.17, 15) is 13.2 Å². The molecule has 0 spiro atoms. The van der Waals surface area contributed by atoms with E-state index in [2.05, 4.69) is 5.32 Å². The zero-order chi connectivity index (χ0) is 15.8. The summed E-state index contributed by atoms with van der Waals surface area (Å²) in [6.07, 6.45) is 6.07. The van der Waals surface area contributed by atoms with Gasteiger partial charge in [-0.2, -0.15) is 0 Å². The molecule has 5 heteroatoms. The average molecular weight is 321 g/mol. The van der Waals surface area contributed by atoms with E-state index in [1.54, 1.807) is 0 Å². The molecule has 120 valence electrons. The van der Waals surface area contributed by atoms with Crippen LogP contribution >= 0.6 is 0 Å². The number of nitrogens with one attached hydrogen (secondary N) is 1. The number of rotatable bonds is 4. The lowest BCUT2D eigenvalue weighted by Crippen LogP contribution is -2.45. The maximum Gasteiger partial charge on any atom is 0.230 e. The van der Waals surface area contributed by atoms with Gasteiger partial charge < -0.3 is 5.32 Å². The molecule has 2 saturated carbocycles. The first-order valence-corrected chi connectivity index (χ1v) is 9.93. The highest BCUT2D eigenvalue weighted by Crippen LogP contribution is 2.48. The van der Waals surface area contributed by atoms with Crippen LogP contribution in [0.5, 0.6) is 0 Å². The zero-order valence-electron chi connectivity index (χ0n) is 12.9. The number of carbonyl (C=O) groups is 1. The molecule has 2 atom stereocenters. The second-order valence-corrected chi connectivity index (χ2v) is 9.06. The summed E-state index contributed by atoms with van der Waals surface area (Å²) in [6, 6.07) is 9.88. The normalized spacial score (nSPS) is 27.1. The van der Waals surface area contributed by atoms with Crippen molar-refractivity contribution in [3.63, 3.8) is 0 Å². The minimum atomic E-state index is -3.02. The molecule has 0 bridgehead atoms. The first-order chi connectivity index (χ1) is 10.4. The van der Waals surface area contributed by atoms with Crippen molar-refractivity contribution in [3.8, 4) is 0 Å². The number of amides is 1. The molecule has 0 aliphatic heterocycles. The van der Waals surface area contributed by atoms with Crippen molar-refractivity contribution in [1.29, 1.82) is 0 Å². The molecule has 1 aromatic carbocycles. The first-order valence-electron chi connectivity index (χ1n) is 7.97. The van der Waals surface area contributed by atoms with Crippen LogP contribution in [0.2, 0.25) is 0 Å². The fourth-order valence-electron chi connectivity index (χ4n) is 3.52. The lowest BCUT2D eigenvalue weighted by Gasteiger charge is -2.30. The van der Waals surface area contributed by atoms with E-state index >= 15 is 0 Å². The lowest BCUT2D eigenvalue weighted by molar-refractivity contribution is -0.124. The number of benzene rings is 1. The number of carbonyl (C=O) groups excluding carboxylic acids is 1. The van der Waals surface area contributed by atoms with E-state index < -0.39 is 9.84 Å². The molecule has 1 N–H and O–H groups in total. The van der Waals surface area contributed by atoms with Crippen molar-refractivity contribution < 1.29 is 13.2 Å². The molecule has 0 aromatic heterocycles. The van der Waals surface area contributed by atoms with E-state index in [-0.39, 0.29) is 22.6 Å². The fraction of sp³-hybridized carbons (Fsp3) is 0.588. The van der Waals surface area contributed by atoms with E-state index in [1.165, 1.54) is 6.26 Å². The topological polar surface area (TPSA) is 63.2 Å². The molecule has 2 fully saturated rings. The predicted octanol–water partition coefficient (Wildman–Crippen LogP) is 2.19. The molecule has 2 aliphatic rings. The molecule has 0 heterocycles. The van der Waals surface area contributed by atoms with Gasteiger partial charge in [-0.15, -0.1) is 0 Å². The first kappa shape index (κ1) is 15.5. The smallest absolute Gasteiger partial charge is 0.230 e. The Labute approximate surface area is 132 Å². The van der Waals surface area contributed by atoms with Gasteiger partial charge in [-0.1, -0.05) is 36.8 Å². The third kappa shape index (κ3) is 3.05. The minimum Gasteiger partial charge on any atom is -0.353 e. The third-order valence-electron chi connectivity index (χ3n) is 5.08. The molecule has 0 radical (unpaired) electrons. The van der Waals surface area contributed by atoms with Crippen LogP contribution < -0.4 is 5.32 Å². The Balaban J connectivity index is 1.67. The van der Waals surface area contributed by atoms with Gasteiger partial charge in [-0.05, 0) is 37.7 Å². The summed E-state index contributed by atoms with van der Waals surface area (Å²) in [6.45, 7) is 0. The number of hydrogen-bond donors (Lipinski definition) is 1. The van der Waals surface area contributed by atoms with Gasteiger partial charge in [0.1, 0.15) is 9.84 Å². The predicted molar refractivity (Wildman–Crippen MR) is 86.4 cm³/mol. The molecule has 3 rings (SSSR count). The second-order valence-electron chi connectivity index (χ2n) is 6.74. The van der Waals surface area contributed by atoms with Gasteiger partial charge in [0.2, 0.25) is 5.91 Å². The Kier molecular flexibility index (Phi) is 4.02. The van der Waals surface area contributed by atoms with E-state index in [4.69, 9.17) is 0 Å². The van der Waals surface area contributed by atoms with Crippen molar-refractivity contribution in [2.45, 2.75) is 55.2 Å². The van der Waals surface area contributed by atoms with Crippen molar-refractivity contribution in [1.82, 2.24) is 5.32 Å². The van der Waals surface area contributed by atoms with Crippen LogP contribution in [0.15, 0.2) is 30.3 Å². The van der Waals surface area contributed by atoms with Gasteiger partial charge in [0, 0.05) is 12.3 Å². The quantitative estimate of drug-likeness (QED) is 0.924. The molecule has 1 aromatic rings. The Bertz CT molecular complexity index is 650. The summed E-state index contributed by atoms with van der Waals surface area (Å²) in [4.78, 5) is 12.7.